The highest BCUT2D eigenvalue weighted by molar-refractivity contribution is 5.76. The van der Waals surface area contributed by atoms with Gasteiger partial charge >= 0.3 is 0 Å². The summed E-state index contributed by atoms with van der Waals surface area (Å²) in [6, 6.07) is 3.20. The van der Waals surface area contributed by atoms with E-state index in [1.807, 2.05) is 5.32 Å². The smallest absolute Gasteiger partial charge is 0.287 e. The molecule has 0 atom stereocenters. The van der Waals surface area contributed by atoms with Crippen molar-refractivity contribution in [2.75, 3.05) is 13.2 Å². The highest BCUT2D eigenvalue weighted by Gasteiger charge is 2.27. The van der Waals surface area contributed by atoms with Crippen LogP contribution in [0.5, 0.6) is 0 Å². The summed E-state index contributed by atoms with van der Waals surface area (Å²) in [5.41, 5.74) is 0.392. The zero-order valence-corrected chi connectivity index (χ0v) is 9.93. The van der Waals surface area contributed by atoms with E-state index in [4.69, 9.17) is 5.11 Å². The molecule has 0 aliphatic heterocycles. The molecule has 0 spiro atoms. The van der Waals surface area contributed by atoms with Crippen molar-refractivity contribution in [3.63, 3.8) is 0 Å². The molecule has 3 nitrogen and oxygen atoms in total. The maximum atomic E-state index is 12.9. The standard InChI is InChI=1S/C12H13F4NO2/c13-9-3-1-8(5-10(9)14)2-4-11(19)17-6-12(15,16)7-18/h1,3,5,18H,2,4,6-7H2,(H,17,19). The molecule has 0 radical (unpaired) electrons. The van der Waals surface area contributed by atoms with Crippen molar-refractivity contribution in [2.45, 2.75) is 18.8 Å². The number of hydrogen-bond acceptors (Lipinski definition) is 2. The summed E-state index contributed by atoms with van der Waals surface area (Å²) >= 11 is 0. The average molecular weight is 279 g/mol. The number of nitrogens with one attached hydrogen (secondary N) is 1. The van der Waals surface area contributed by atoms with Gasteiger partial charge in [0, 0.05) is 6.42 Å². The van der Waals surface area contributed by atoms with Crippen molar-refractivity contribution in [3.8, 4) is 0 Å². The molecule has 0 saturated carbocycles. The first-order chi connectivity index (χ1) is 8.84. The Hall–Kier alpha value is -1.63. The fourth-order valence-corrected chi connectivity index (χ4v) is 1.33. The molecule has 106 valence electrons. The molecule has 0 aliphatic carbocycles. The Morgan fingerprint density at radius 3 is 2.53 bits per heavy atom. The second-order valence-electron chi connectivity index (χ2n) is 4.04. The fraction of sp³-hybridized carbons (Fsp3) is 0.417. The molecule has 1 aromatic carbocycles. The lowest BCUT2D eigenvalue weighted by Gasteiger charge is -2.13. The van der Waals surface area contributed by atoms with Crippen LogP contribution in [0, 0.1) is 11.6 Å². The van der Waals surface area contributed by atoms with Crippen LogP contribution in [0.3, 0.4) is 0 Å². The lowest BCUT2D eigenvalue weighted by molar-refractivity contribution is -0.124. The summed E-state index contributed by atoms with van der Waals surface area (Å²) in [7, 11) is 0. The zero-order valence-electron chi connectivity index (χ0n) is 9.93. The SMILES string of the molecule is O=C(CCc1ccc(F)c(F)c1)NCC(F)(F)CO. The quantitative estimate of drug-likeness (QED) is 0.778. The number of alkyl halides is 2. The van der Waals surface area contributed by atoms with Crippen LogP contribution >= 0.6 is 0 Å². The molecule has 1 aromatic rings. The lowest BCUT2D eigenvalue weighted by atomic mass is 10.1. The Balaban J connectivity index is 2.40. The van der Waals surface area contributed by atoms with Gasteiger partial charge in [-0.05, 0) is 24.1 Å². The van der Waals surface area contributed by atoms with Crippen LogP contribution in [0.25, 0.3) is 0 Å². The Kier molecular flexibility index (Phi) is 5.29. The van der Waals surface area contributed by atoms with Gasteiger partial charge in [0.1, 0.15) is 6.61 Å². The third kappa shape index (κ3) is 5.25. The summed E-state index contributed by atoms with van der Waals surface area (Å²) in [6.07, 6.45) is -0.0275. The van der Waals surface area contributed by atoms with Gasteiger partial charge in [0.25, 0.3) is 5.92 Å². The molecule has 0 heterocycles. The Morgan fingerprint density at radius 1 is 1.26 bits per heavy atom. The van der Waals surface area contributed by atoms with Crippen molar-refractivity contribution in [3.05, 3.63) is 35.4 Å². The third-order valence-corrected chi connectivity index (χ3v) is 2.40. The second kappa shape index (κ2) is 6.51. The van der Waals surface area contributed by atoms with E-state index in [0.29, 0.717) is 5.56 Å². The summed E-state index contributed by atoms with van der Waals surface area (Å²) in [4.78, 5) is 11.2. The van der Waals surface area contributed by atoms with Crippen molar-refractivity contribution < 1.29 is 27.5 Å². The van der Waals surface area contributed by atoms with Crippen molar-refractivity contribution in [1.82, 2.24) is 5.32 Å². The highest BCUT2D eigenvalue weighted by atomic mass is 19.3. The first-order valence-electron chi connectivity index (χ1n) is 5.53. The minimum atomic E-state index is -3.36. The number of benzene rings is 1. The number of halogens is 4. The second-order valence-corrected chi connectivity index (χ2v) is 4.04. The van der Waals surface area contributed by atoms with Gasteiger partial charge in [0.05, 0.1) is 6.54 Å². The number of amides is 1. The largest absolute Gasteiger partial charge is 0.390 e. The Bertz CT molecular complexity index is 451. The molecule has 0 bridgehead atoms. The van der Waals surface area contributed by atoms with Gasteiger partial charge < -0.3 is 10.4 Å². The molecule has 0 aromatic heterocycles. The molecule has 1 rings (SSSR count). The Morgan fingerprint density at radius 2 is 1.95 bits per heavy atom. The molecule has 0 saturated heterocycles. The van der Waals surface area contributed by atoms with Gasteiger partial charge in [-0.1, -0.05) is 6.07 Å². The van der Waals surface area contributed by atoms with E-state index in [9.17, 15) is 22.4 Å². The van der Waals surface area contributed by atoms with E-state index in [0.717, 1.165) is 12.1 Å². The molecule has 1 amide bonds. The maximum Gasteiger partial charge on any atom is 0.287 e. The summed E-state index contributed by atoms with van der Waals surface area (Å²) in [5.74, 6) is -6.03. The number of aliphatic hydroxyl groups excluding tert-OH is 1. The molecular formula is C12H13F4NO2. The van der Waals surface area contributed by atoms with Gasteiger partial charge in [0.15, 0.2) is 11.6 Å². The molecule has 0 fully saturated rings. The number of aliphatic hydroxyl groups is 1. The highest BCUT2D eigenvalue weighted by Crippen LogP contribution is 2.11. The lowest BCUT2D eigenvalue weighted by Crippen LogP contribution is -2.39. The predicted molar refractivity (Wildman–Crippen MR) is 59.7 cm³/mol. The number of carbonyl (C=O) groups is 1. The van der Waals surface area contributed by atoms with Crippen LogP contribution < -0.4 is 5.32 Å². The molecule has 7 heteroatoms. The van der Waals surface area contributed by atoms with Crippen LogP contribution in [0.1, 0.15) is 12.0 Å². The van der Waals surface area contributed by atoms with Gasteiger partial charge in [0.2, 0.25) is 5.91 Å². The fourth-order valence-electron chi connectivity index (χ4n) is 1.33. The molecule has 2 N–H and O–H groups in total. The van der Waals surface area contributed by atoms with Crippen LogP contribution in [-0.2, 0) is 11.2 Å². The van der Waals surface area contributed by atoms with Crippen LogP contribution in [0.15, 0.2) is 18.2 Å². The summed E-state index contributed by atoms with van der Waals surface area (Å²) < 4.78 is 50.7. The summed E-state index contributed by atoms with van der Waals surface area (Å²) in [6.45, 7) is -2.31. The van der Waals surface area contributed by atoms with Crippen LogP contribution in [-0.4, -0.2) is 30.1 Å². The number of carbonyl (C=O) groups excluding carboxylic acids is 1. The van der Waals surface area contributed by atoms with Crippen molar-refractivity contribution in [1.29, 1.82) is 0 Å². The number of hydrogen-bond donors (Lipinski definition) is 2. The van der Waals surface area contributed by atoms with Crippen molar-refractivity contribution in [2.24, 2.45) is 0 Å². The zero-order chi connectivity index (χ0) is 14.5. The molecule has 0 aliphatic rings. The van der Waals surface area contributed by atoms with Gasteiger partial charge in [-0.15, -0.1) is 0 Å². The molecular weight excluding hydrogens is 266 g/mol. The number of aryl methyl sites for hydroxylation is 1. The first kappa shape index (κ1) is 15.4. The van der Waals surface area contributed by atoms with Gasteiger partial charge in [-0.25, -0.2) is 17.6 Å². The average Bonchev–Trinajstić information content (AvgIpc) is 2.38. The van der Waals surface area contributed by atoms with Crippen LogP contribution in [0.4, 0.5) is 17.6 Å². The number of rotatable bonds is 6. The van der Waals surface area contributed by atoms with Gasteiger partial charge in [-0.3, -0.25) is 4.79 Å². The molecule has 0 unspecified atom stereocenters. The van der Waals surface area contributed by atoms with Gasteiger partial charge in [-0.2, -0.15) is 0 Å². The monoisotopic (exact) mass is 279 g/mol. The normalized spacial score (nSPS) is 11.4. The first-order valence-corrected chi connectivity index (χ1v) is 5.53. The van der Waals surface area contributed by atoms with E-state index >= 15 is 0 Å². The molecule has 19 heavy (non-hydrogen) atoms. The van der Waals surface area contributed by atoms with E-state index in [1.165, 1.54) is 6.07 Å². The maximum absolute atomic E-state index is 12.9. The van der Waals surface area contributed by atoms with Crippen LogP contribution in [0.2, 0.25) is 0 Å². The van der Waals surface area contributed by atoms with Crippen molar-refractivity contribution >= 4 is 5.91 Å². The minimum Gasteiger partial charge on any atom is -0.390 e. The summed E-state index contributed by atoms with van der Waals surface area (Å²) in [5, 5.41) is 10.2. The van der Waals surface area contributed by atoms with E-state index < -0.39 is 36.6 Å². The predicted octanol–water partition coefficient (Wildman–Crippen LogP) is 1.64. The van der Waals surface area contributed by atoms with E-state index in [-0.39, 0.29) is 12.8 Å². The third-order valence-electron chi connectivity index (χ3n) is 2.40. The van der Waals surface area contributed by atoms with E-state index in [1.54, 1.807) is 0 Å². The van der Waals surface area contributed by atoms with E-state index in [2.05, 4.69) is 0 Å². The Labute approximate surface area is 107 Å². The topological polar surface area (TPSA) is 49.3 Å². The minimum absolute atomic E-state index is 0.105.